The average molecular weight is 322 g/mol. The van der Waals surface area contributed by atoms with Crippen LogP contribution in [0.25, 0.3) is 0 Å². The Morgan fingerprint density at radius 1 is 1.04 bits per heavy atom. The highest BCUT2D eigenvalue weighted by molar-refractivity contribution is 5.65. The lowest BCUT2D eigenvalue weighted by atomic mass is 9.88. The molecule has 2 aromatic carbocycles. The van der Waals surface area contributed by atoms with Crippen LogP contribution in [0.3, 0.4) is 0 Å². The number of rotatable bonds is 3. The maximum absolute atomic E-state index is 11.3. The van der Waals surface area contributed by atoms with E-state index in [1.165, 1.54) is 6.07 Å². The maximum Gasteiger partial charge on any atom is 0.292 e. The first-order chi connectivity index (χ1) is 11.3. The van der Waals surface area contributed by atoms with Crippen LogP contribution in [-0.4, -0.2) is 11.0 Å². The SMILES string of the molecule is CC(Nc1cc(C#Cc2ccccc2)ccc1[N+](=O)[O-])C(C)(C)C. The van der Waals surface area contributed by atoms with Gasteiger partial charge in [-0.2, -0.15) is 0 Å². The summed E-state index contributed by atoms with van der Waals surface area (Å²) in [7, 11) is 0. The van der Waals surface area contributed by atoms with E-state index in [-0.39, 0.29) is 22.1 Å². The van der Waals surface area contributed by atoms with E-state index in [0.717, 1.165) is 11.1 Å². The predicted molar refractivity (Wildman–Crippen MR) is 98.1 cm³/mol. The maximum atomic E-state index is 11.3. The third kappa shape index (κ3) is 4.60. The molecule has 0 aromatic heterocycles. The largest absolute Gasteiger partial charge is 0.376 e. The molecule has 2 aromatic rings. The molecule has 1 unspecified atom stereocenters. The van der Waals surface area contributed by atoms with E-state index < -0.39 is 0 Å². The van der Waals surface area contributed by atoms with Gasteiger partial charge in [0, 0.05) is 23.2 Å². The van der Waals surface area contributed by atoms with Crippen molar-refractivity contribution in [3.63, 3.8) is 0 Å². The summed E-state index contributed by atoms with van der Waals surface area (Å²) in [4.78, 5) is 10.9. The van der Waals surface area contributed by atoms with Crippen molar-refractivity contribution < 1.29 is 4.92 Å². The van der Waals surface area contributed by atoms with Gasteiger partial charge in [-0.15, -0.1) is 0 Å². The standard InChI is InChI=1S/C20H22N2O2/c1-15(20(2,3)4)21-18-14-17(12-13-19(18)22(23)24)11-10-16-8-6-5-7-9-16/h5-9,12-15,21H,1-4H3. The minimum absolute atomic E-state index is 0.0143. The summed E-state index contributed by atoms with van der Waals surface area (Å²) >= 11 is 0. The monoisotopic (exact) mass is 322 g/mol. The van der Waals surface area contributed by atoms with Gasteiger partial charge < -0.3 is 5.32 Å². The van der Waals surface area contributed by atoms with Crippen molar-refractivity contribution in [3.05, 3.63) is 69.8 Å². The molecule has 0 heterocycles. The van der Waals surface area contributed by atoms with Crippen molar-refractivity contribution in [1.82, 2.24) is 0 Å². The molecule has 1 N–H and O–H groups in total. The van der Waals surface area contributed by atoms with Gasteiger partial charge in [0.25, 0.3) is 5.69 Å². The second-order valence-electron chi connectivity index (χ2n) is 6.84. The Balaban J connectivity index is 2.34. The fourth-order valence-electron chi connectivity index (χ4n) is 2.00. The molecule has 4 heteroatoms. The van der Waals surface area contributed by atoms with Crippen LogP contribution < -0.4 is 5.32 Å². The Bertz CT molecular complexity index is 781. The number of nitrogens with zero attached hydrogens (tertiary/aromatic N) is 1. The quantitative estimate of drug-likeness (QED) is 0.500. The van der Waals surface area contributed by atoms with Crippen LogP contribution in [0.2, 0.25) is 0 Å². The third-order valence-electron chi connectivity index (χ3n) is 3.99. The molecule has 0 fully saturated rings. The van der Waals surface area contributed by atoms with Gasteiger partial charge in [0.2, 0.25) is 0 Å². The van der Waals surface area contributed by atoms with Crippen LogP contribution in [0.5, 0.6) is 0 Å². The molecule has 0 radical (unpaired) electrons. The molecule has 0 amide bonds. The topological polar surface area (TPSA) is 55.2 Å². The highest BCUT2D eigenvalue weighted by atomic mass is 16.6. The van der Waals surface area contributed by atoms with E-state index in [1.54, 1.807) is 12.1 Å². The number of anilines is 1. The minimum atomic E-state index is -0.369. The molecule has 2 rings (SSSR count). The fourth-order valence-corrected chi connectivity index (χ4v) is 2.00. The number of hydrogen-bond acceptors (Lipinski definition) is 3. The van der Waals surface area contributed by atoms with Crippen LogP contribution in [0.1, 0.15) is 38.8 Å². The van der Waals surface area contributed by atoms with Gasteiger partial charge in [0.15, 0.2) is 0 Å². The van der Waals surface area contributed by atoms with Crippen LogP contribution in [0, 0.1) is 27.4 Å². The normalized spacial score (nSPS) is 12.0. The molecule has 0 spiro atoms. The lowest BCUT2D eigenvalue weighted by molar-refractivity contribution is -0.384. The Labute approximate surface area is 143 Å². The molecule has 0 aliphatic carbocycles. The van der Waals surface area contributed by atoms with Gasteiger partial charge in [-0.05, 0) is 36.6 Å². The number of nitrogens with one attached hydrogen (secondary N) is 1. The molecule has 0 aliphatic rings. The number of hydrogen-bond donors (Lipinski definition) is 1. The molecule has 0 saturated heterocycles. The highest BCUT2D eigenvalue weighted by Gasteiger charge is 2.23. The van der Waals surface area contributed by atoms with E-state index >= 15 is 0 Å². The number of nitro groups is 1. The first-order valence-corrected chi connectivity index (χ1v) is 7.89. The summed E-state index contributed by atoms with van der Waals surface area (Å²) in [5.41, 5.74) is 2.21. The Hall–Kier alpha value is -2.80. The summed E-state index contributed by atoms with van der Waals surface area (Å²) in [5.74, 6) is 6.14. The summed E-state index contributed by atoms with van der Waals surface area (Å²) in [6, 6.07) is 14.7. The van der Waals surface area contributed by atoms with Crippen molar-refractivity contribution in [2.24, 2.45) is 5.41 Å². The van der Waals surface area contributed by atoms with Crippen molar-refractivity contribution in [3.8, 4) is 11.8 Å². The lowest BCUT2D eigenvalue weighted by Gasteiger charge is -2.28. The first-order valence-electron chi connectivity index (χ1n) is 7.89. The third-order valence-corrected chi connectivity index (χ3v) is 3.99. The molecule has 24 heavy (non-hydrogen) atoms. The lowest BCUT2D eigenvalue weighted by Crippen LogP contribution is -2.31. The molecule has 0 saturated carbocycles. The van der Waals surface area contributed by atoms with Crippen molar-refractivity contribution in [2.45, 2.75) is 33.7 Å². The van der Waals surface area contributed by atoms with Gasteiger partial charge in [-0.1, -0.05) is 50.8 Å². The molecule has 0 aliphatic heterocycles. The zero-order chi connectivity index (χ0) is 17.7. The smallest absolute Gasteiger partial charge is 0.292 e. The van der Waals surface area contributed by atoms with Gasteiger partial charge in [0.1, 0.15) is 5.69 Å². The average Bonchev–Trinajstić information content (AvgIpc) is 2.53. The molecule has 4 nitrogen and oxygen atoms in total. The highest BCUT2D eigenvalue weighted by Crippen LogP contribution is 2.29. The molecular weight excluding hydrogens is 300 g/mol. The summed E-state index contributed by atoms with van der Waals surface area (Å²) < 4.78 is 0. The van der Waals surface area contributed by atoms with Crippen molar-refractivity contribution >= 4 is 11.4 Å². The van der Waals surface area contributed by atoms with Gasteiger partial charge >= 0.3 is 0 Å². The van der Waals surface area contributed by atoms with Crippen LogP contribution in [-0.2, 0) is 0 Å². The summed E-state index contributed by atoms with van der Waals surface area (Å²) in [5, 5.41) is 14.5. The van der Waals surface area contributed by atoms with Crippen LogP contribution >= 0.6 is 0 Å². The first kappa shape index (κ1) is 17.6. The second-order valence-corrected chi connectivity index (χ2v) is 6.84. The van der Waals surface area contributed by atoms with Crippen molar-refractivity contribution in [1.29, 1.82) is 0 Å². The Morgan fingerprint density at radius 3 is 2.25 bits per heavy atom. The van der Waals surface area contributed by atoms with Crippen LogP contribution in [0.4, 0.5) is 11.4 Å². The van der Waals surface area contributed by atoms with Crippen molar-refractivity contribution in [2.75, 3.05) is 5.32 Å². The summed E-state index contributed by atoms with van der Waals surface area (Å²) in [6.07, 6.45) is 0. The second kappa shape index (κ2) is 7.18. The molecular formula is C20H22N2O2. The zero-order valence-electron chi connectivity index (χ0n) is 14.5. The number of benzene rings is 2. The van der Waals surface area contributed by atoms with E-state index in [4.69, 9.17) is 0 Å². The number of nitro benzene ring substituents is 1. The Kier molecular flexibility index (Phi) is 5.25. The molecule has 1 atom stereocenters. The van der Waals surface area contributed by atoms with Gasteiger partial charge in [0.05, 0.1) is 4.92 Å². The molecule has 124 valence electrons. The van der Waals surface area contributed by atoms with Crippen LogP contribution in [0.15, 0.2) is 48.5 Å². The van der Waals surface area contributed by atoms with E-state index in [1.807, 2.05) is 37.3 Å². The molecule has 0 bridgehead atoms. The minimum Gasteiger partial charge on any atom is -0.376 e. The Morgan fingerprint density at radius 2 is 1.67 bits per heavy atom. The van der Waals surface area contributed by atoms with E-state index in [2.05, 4.69) is 37.9 Å². The van der Waals surface area contributed by atoms with E-state index in [9.17, 15) is 10.1 Å². The van der Waals surface area contributed by atoms with E-state index in [0.29, 0.717) is 5.69 Å². The summed E-state index contributed by atoms with van der Waals surface area (Å²) in [6.45, 7) is 8.30. The fraction of sp³-hybridized carbons (Fsp3) is 0.300. The van der Waals surface area contributed by atoms with Gasteiger partial charge in [-0.25, -0.2) is 0 Å². The zero-order valence-corrected chi connectivity index (χ0v) is 14.5. The van der Waals surface area contributed by atoms with Gasteiger partial charge in [-0.3, -0.25) is 10.1 Å². The predicted octanol–water partition coefficient (Wildman–Crippen LogP) is 4.84.